The van der Waals surface area contributed by atoms with Crippen LogP contribution in [0.5, 0.6) is 5.75 Å². The van der Waals surface area contributed by atoms with Crippen molar-refractivity contribution in [3.05, 3.63) is 45.8 Å². The third kappa shape index (κ3) is 5.42. The second kappa shape index (κ2) is 9.49. The van der Waals surface area contributed by atoms with Crippen molar-refractivity contribution in [1.29, 1.82) is 0 Å². The highest BCUT2D eigenvalue weighted by molar-refractivity contribution is 7.17. The monoisotopic (exact) mass is 417 g/mol. The number of hydrogen-bond donors (Lipinski definition) is 2. The molecule has 156 valence electrons. The van der Waals surface area contributed by atoms with Gasteiger partial charge in [0, 0.05) is 17.5 Å². The van der Waals surface area contributed by atoms with Crippen LogP contribution >= 0.6 is 11.3 Å². The summed E-state index contributed by atoms with van der Waals surface area (Å²) in [5.74, 6) is 1.31. The Balaban J connectivity index is 1.78. The molecule has 0 amide bonds. The Morgan fingerprint density at radius 2 is 2.14 bits per heavy atom. The van der Waals surface area contributed by atoms with Gasteiger partial charge in [-0.25, -0.2) is 4.98 Å². The normalized spacial score (nSPS) is 12.8. The van der Waals surface area contributed by atoms with Gasteiger partial charge in [0.2, 0.25) is 0 Å². The van der Waals surface area contributed by atoms with Crippen LogP contribution in [0.2, 0.25) is 0 Å². The van der Waals surface area contributed by atoms with Crippen molar-refractivity contribution in [2.75, 3.05) is 27.3 Å². The molecule has 29 heavy (non-hydrogen) atoms. The average molecular weight is 418 g/mol. The van der Waals surface area contributed by atoms with Gasteiger partial charge in [-0.3, -0.25) is 9.69 Å². The fourth-order valence-electron chi connectivity index (χ4n) is 3.11. The first-order chi connectivity index (χ1) is 13.9. The fraction of sp³-hybridized carbons (Fsp3) is 0.429. The SMILES string of the molecule is COc1cccc(-c2csc3nc(CN(C)CC(O)COC(C)C)[nH]c(=O)c23)c1. The molecule has 7 nitrogen and oxygen atoms in total. The van der Waals surface area contributed by atoms with Crippen molar-refractivity contribution in [1.82, 2.24) is 14.9 Å². The topological polar surface area (TPSA) is 87.7 Å². The molecule has 0 saturated heterocycles. The minimum atomic E-state index is -0.598. The van der Waals surface area contributed by atoms with Gasteiger partial charge in [0.15, 0.2) is 0 Å². The van der Waals surface area contributed by atoms with Crippen molar-refractivity contribution in [2.24, 2.45) is 0 Å². The first-order valence-electron chi connectivity index (χ1n) is 9.50. The van der Waals surface area contributed by atoms with Gasteiger partial charge in [-0.1, -0.05) is 12.1 Å². The summed E-state index contributed by atoms with van der Waals surface area (Å²) in [7, 11) is 3.49. The van der Waals surface area contributed by atoms with Crippen LogP contribution in [-0.2, 0) is 11.3 Å². The van der Waals surface area contributed by atoms with E-state index in [9.17, 15) is 9.90 Å². The van der Waals surface area contributed by atoms with Crippen LogP contribution < -0.4 is 10.3 Å². The number of nitrogens with zero attached hydrogens (tertiary/aromatic N) is 2. The maximum absolute atomic E-state index is 12.8. The summed E-state index contributed by atoms with van der Waals surface area (Å²) in [5, 5.41) is 12.6. The van der Waals surface area contributed by atoms with E-state index in [2.05, 4.69) is 9.97 Å². The molecule has 2 heterocycles. The molecule has 0 spiro atoms. The predicted molar refractivity (Wildman–Crippen MR) is 116 cm³/mol. The van der Waals surface area contributed by atoms with E-state index in [1.165, 1.54) is 11.3 Å². The molecule has 0 bridgehead atoms. The lowest BCUT2D eigenvalue weighted by molar-refractivity contribution is -0.00656. The molecule has 3 aromatic rings. The Hall–Kier alpha value is -2.26. The molecule has 8 heteroatoms. The number of rotatable bonds is 9. The van der Waals surface area contributed by atoms with E-state index in [-0.39, 0.29) is 18.3 Å². The molecule has 1 unspecified atom stereocenters. The fourth-order valence-corrected chi connectivity index (χ4v) is 4.07. The van der Waals surface area contributed by atoms with Crippen molar-refractivity contribution >= 4 is 21.6 Å². The van der Waals surface area contributed by atoms with Crippen molar-refractivity contribution in [2.45, 2.75) is 32.6 Å². The van der Waals surface area contributed by atoms with Crippen LogP contribution in [0.15, 0.2) is 34.4 Å². The molecule has 1 atom stereocenters. The molecule has 1 aromatic carbocycles. The summed E-state index contributed by atoms with van der Waals surface area (Å²) >= 11 is 1.44. The van der Waals surface area contributed by atoms with E-state index in [1.807, 2.05) is 55.4 Å². The van der Waals surface area contributed by atoms with Crippen LogP contribution in [0, 0.1) is 0 Å². The Labute approximate surface area is 173 Å². The highest BCUT2D eigenvalue weighted by Gasteiger charge is 2.15. The molecular weight excluding hydrogens is 390 g/mol. The number of ether oxygens (including phenoxy) is 2. The zero-order valence-electron chi connectivity index (χ0n) is 17.1. The van der Waals surface area contributed by atoms with Crippen LogP contribution in [0.3, 0.4) is 0 Å². The summed E-state index contributed by atoms with van der Waals surface area (Å²) in [4.78, 5) is 22.9. The summed E-state index contributed by atoms with van der Waals surface area (Å²) in [6, 6.07) is 7.63. The van der Waals surface area contributed by atoms with Crippen LogP contribution in [0.4, 0.5) is 0 Å². The van der Waals surface area contributed by atoms with Crippen LogP contribution in [0.1, 0.15) is 19.7 Å². The number of H-pyrrole nitrogens is 1. The Morgan fingerprint density at radius 1 is 1.34 bits per heavy atom. The number of likely N-dealkylation sites (N-methyl/N-ethyl adjacent to an activating group) is 1. The Morgan fingerprint density at radius 3 is 2.86 bits per heavy atom. The summed E-state index contributed by atoms with van der Waals surface area (Å²) in [6.45, 7) is 4.99. The maximum Gasteiger partial charge on any atom is 0.260 e. The second-order valence-electron chi connectivity index (χ2n) is 7.31. The average Bonchev–Trinajstić information content (AvgIpc) is 3.11. The summed E-state index contributed by atoms with van der Waals surface area (Å²) in [6.07, 6.45) is -0.521. The Bertz CT molecular complexity index is 1010. The summed E-state index contributed by atoms with van der Waals surface area (Å²) in [5.41, 5.74) is 1.60. The van der Waals surface area contributed by atoms with Gasteiger partial charge in [-0.2, -0.15) is 0 Å². The number of nitrogens with one attached hydrogen (secondary N) is 1. The standard InChI is InChI=1S/C21H27N3O4S/c1-13(2)28-11-15(25)9-24(3)10-18-22-20(26)19-17(12-29-21(19)23-18)14-6-5-7-16(8-14)27-4/h5-8,12-13,15,25H,9-11H2,1-4H3,(H,22,23,26). The van der Waals surface area contributed by atoms with Crippen LogP contribution in [-0.4, -0.2) is 59.5 Å². The largest absolute Gasteiger partial charge is 0.497 e. The number of hydrogen-bond acceptors (Lipinski definition) is 7. The van der Waals surface area contributed by atoms with Crippen molar-refractivity contribution in [3.8, 4) is 16.9 Å². The lowest BCUT2D eigenvalue weighted by Gasteiger charge is -2.20. The molecule has 0 aliphatic rings. The Kier molecular flexibility index (Phi) is 7.02. The molecule has 0 aliphatic heterocycles. The molecule has 2 aromatic heterocycles. The first-order valence-corrected chi connectivity index (χ1v) is 10.4. The van der Waals surface area contributed by atoms with Gasteiger partial charge in [0.05, 0.1) is 37.9 Å². The number of fused-ring (bicyclic) bond motifs is 1. The van der Waals surface area contributed by atoms with Crippen molar-refractivity contribution in [3.63, 3.8) is 0 Å². The molecule has 3 rings (SSSR count). The van der Waals surface area contributed by atoms with E-state index in [1.54, 1.807) is 7.11 Å². The second-order valence-corrected chi connectivity index (χ2v) is 8.16. The number of aliphatic hydroxyl groups excluding tert-OH is 1. The number of aromatic amines is 1. The van der Waals surface area contributed by atoms with Crippen molar-refractivity contribution < 1.29 is 14.6 Å². The van der Waals surface area contributed by atoms with Gasteiger partial charge < -0.3 is 19.6 Å². The van der Waals surface area contributed by atoms with E-state index in [4.69, 9.17) is 9.47 Å². The van der Waals surface area contributed by atoms with Gasteiger partial charge in [0.1, 0.15) is 16.4 Å². The number of aliphatic hydroxyl groups is 1. The first kappa shape index (κ1) is 21.4. The molecule has 2 N–H and O–H groups in total. The third-order valence-electron chi connectivity index (χ3n) is 4.44. The molecule has 0 saturated carbocycles. The molecule has 0 radical (unpaired) electrons. The highest BCUT2D eigenvalue weighted by Crippen LogP contribution is 2.32. The molecule has 0 aliphatic carbocycles. The minimum Gasteiger partial charge on any atom is -0.497 e. The number of methoxy groups -OCH3 is 1. The minimum absolute atomic E-state index is 0.0768. The van der Waals surface area contributed by atoms with Gasteiger partial charge in [0.25, 0.3) is 5.56 Å². The maximum atomic E-state index is 12.8. The van der Waals surface area contributed by atoms with E-state index >= 15 is 0 Å². The number of aromatic nitrogens is 2. The highest BCUT2D eigenvalue weighted by atomic mass is 32.1. The lowest BCUT2D eigenvalue weighted by atomic mass is 10.1. The number of benzene rings is 1. The van der Waals surface area contributed by atoms with Gasteiger partial charge >= 0.3 is 0 Å². The van der Waals surface area contributed by atoms with E-state index < -0.39 is 6.10 Å². The van der Waals surface area contributed by atoms with E-state index in [0.717, 1.165) is 16.9 Å². The van der Waals surface area contributed by atoms with Crippen LogP contribution in [0.25, 0.3) is 21.3 Å². The molecular formula is C21H27N3O4S. The zero-order valence-corrected chi connectivity index (χ0v) is 18.0. The molecule has 0 fully saturated rings. The van der Waals surface area contributed by atoms with E-state index in [0.29, 0.717) is 29.1 Å². The number of thiophene rings is 1. The van der Waals surface area contributed by atoms with Gasteiger partial charge in [-0.05, 0) is 38.6 Å². The smallest absolute Gasteiger partial charge is 0.260 e. The predicted octanol–water partition coefficient (Wildman–Crippen LogP) is 2.88. The zero-order chi connectivity index (χ0) is 21.0. The lowest BCUT2D eigenvalue weighted by Crippen LogP contribution is -2.33. The van der Waals surface area contributed by atoms with Gasteiger partial charge in [-0.15, -0.1) is 11.3 Å². The summed E-state index contributed by atoms with van der Waals surface area (Å²) < 4.78 is 10.7. The third-order valence-corrected chi connectivity index (χ3v) is 5.31. The quantitative estimate of drug-likeness (QED) is 0.557.